The minimum atomic E-state index is 0.826. The number of amidine groups is 1. The van der Waals surface area contributed by atoms with Crippen molar-refractivity contribution in [3.8, 4) is 0 Å². The molecule has 2 heteroatoms. The van der Waals surface area contributed by atoms with Crippen molar-refractivity contribution in [1.29, 1.82) is 0 Å². The molecule has 0 aromatic heterocycles. The summed E-state index contributed by atoms with van der Waals surface area (Å²) in [6.07, 6.45) is 2.42. The van der Waals surface area contributed by atoms with Crippen molar-refractivity contribution in [2.75, 3.05) is 13.1 Å². The van der Waals surface area contributed by atoms with Crippen molar-refractivity contribution in [2.45, 2.75) is 26.3 Å². The van der Waals surface area contributed by atoms with Gasteiger partial charge in [0.1, 0.15) is 0 Å². The van der Waals surface area contributed by atoms with E-state index in [0.717, 1.165) is 19.5 Å². The summed E-state index contributed by atoms with van der Waals surface area (Å²) in [6.45, 7) is 5.30. The highest BCUT2D eigenvalue weighted by Crippen LogP contribution is 2.12. The van der Waals surface area contributed by atoms with E-state index < -0.39 is 0 Å². The van der Waals surface area contributed by atoms with Crippen molar-refractivity contribution >= 4 is 5.84 Å². The Hall–Kier alpha value is -1.31. The van der Waals surface area contributed by atoms with Gasteiger partial charge in [-0.1, -0.05) is 30.3 Å². The van der Waals surface area contributed by atoms with E-state index in [2.05, 4.69) is 41.1 Å². The largest absolute Gasteiger partial charge is 0.361 e. The molecule has 0 unspecified atom stereocenters. The third kappa shape index (κ3) is 2.58. The van der Waals surface area contributed by atoms with Crippen LogP contribution in [0.15, 0.2) is 35.3 Å². The van der Waals surface area contributed by atoms with Crippen molar-refractivity contribution in [2.24, 2.45) is 4.99 Å². The molecule has 2 nitrogen and oxygen atoms in total. The second-order valence-corrected chi connectivity index (χ2v) is 3.90. The smallest absolute Gasteiger partial charge is 0.0993 e. The Bertz CT molecular complexity index is 330. The zero-order valence-electron chi connectivity index (χ0n) is 9.32. The fourth-order valence-corrected chi connectivity index (χ4v) is 2.00. The predicted octanol–water partition coefficient (Wildman–Crippen LogP) is 2.70. The van der Waals surface area contributed by atoms with Crippen LogP contribution in [0.5, 0.6) is 0 Å². The molecule has 2 rings (SSSR count). The molecule has 0 radical (unpaired) electrons. The van der Waals surface area contributed by atoms with Gasteiger partial charge in [-0.15, -0.1) is 0 Å². The molecular formula is C13H18N2. The molecule has 0 N–H and O–H groups in total. The SMILES string of the molecule is CCN1CCCC1=NCc1ccccc1. The topological polar surface area (TPSA) is 15.6 Å². The summed E-state index contributed by atoms with van der Waals surface area (Å²) >= 11 is 0. The van der Waals surface area contributed by atoms with Gasteiger partial charge in [0.2, 0.25) is 0 Å². The van der Waals surface area contributed by atoms with Crippen molar-refractivity contribution in [3.63, 3.8) is 0 Å². The van der Waals surface area contributed by atoms with Crippen LogP contribution in [0.4, 0.5) is 0 Å². The highest BCUT2D eigenvalue weighted by Gasteiger charge is 2.15. The standard InChI is InChI=1S/C13H18N2/c1-2-15-10-6-9-13(15)14-11-12-7-4-3-5-8-12/h3-5,7-8H,2,6,9-11H2,1H3. The van der Waals surface area contributed by atoms with E-state index in [0.29, 0.717) is 0 Å². The van der Waals surface area contributed by atoms with Crippen LogP contribution in [-0.2, 0) is 6.54 Å². The zero-order chi connectivity index (χ0) is 10.5. The summed E-state index contributed by atoms with van der Waals surface area (Å²) in [5.41, 5.74) is 1.30. The number of hydrogen-bond acceptors (Lipinski definition) is 1. The monoisotopic (exact) mass is 202 g/mol. The highest BCUT2D eigenvalue weighted by atomic mass is 15.2. The molecule has 0 amide bonds. The first-order valence-electron chi connectivity index (χ1n) is 5.72. The van der Waals surface area contributed by atoms with Gasteiger partial charge < -0.3 is 4.90 Å². The molecule has 0 atom stereocenters. The normalized spacial score (nSPS) is 18.7. The second-order valence-electron chi connectivity index (χ2n) is 3.90. The van der Waals surface area contributed by atoms with Gasteiger partial charge in [-0.25, -0.2) is 0 Å². The Morgan fingerprint density at radius 2 is 2.07 bits per heavy atom. The Morgan fingerprint density at radius 3 is 2.80 bits per heavy atom. The Morgan fingerprint density at radius 1 is 1.27 bits per heavy atom. The first-order valence-corrected chi connectivity index (χ1v) is 5.72. The van der Waals surface area contributed by atoms with E-state index >= 15 is 0 Å². The number of aliphatic imine (C=N–C) groups is 1. The third-order valence-corrected chi connectivity index (χ3v) is 2.86. The molecule has 1 aromatic carbocycles. The van der Waals surface area contributed by atoms with Crippen LogP contribution < -0.4 is 0 Å². The number of likely N-dealkylation sites (tertiary alicyclic amines) is 1. The minimum absolute atomic E-state index is 0.826. The average Bonchev–Trinajstić information content (AvgIpc) is 2.75. The van der Waals surface area contributed by atoms with Gasteiger partial charge in [0.25, 0.3) is 0 Å². The maximum atomic E-state index is 4.69. The highest BCUT2D eigenvalue weighted by molar-refractivity contribution is 5.84. The number of rotatable bonds is 3. The summed E-state index contributed by atoms with van der Waals surface area (Å²) in [5.74, 6) is 1.29. The maximum absolute atomic E-state index is 4.69. The van der Waals surface area contributed by atoms with Crippen LogP contribution in [0.25, 0.3) is 0 Å². The zero-order valence-corrected chi connectivity index (χ0v) is 9.32. The van der Waals surface area contributed by atoms with Gasteiger partial charge in [-0.3, -0.25) is 4.99 Å². The molecule has 0 saturated carbocycles. The lowest BCUT2D eigenvalue weighted by Gasteiger charge is -2.15. The van der Waals surface area contributed by atoms with Gasteiger partial charge in [0.05, 0.1) is 12.4 Å². The summed E-state index contributed by atoms with van der Waals surface area (Å²) in [6, 6.07) is 10.5. The predicted molar refractivity (Wildman–Crippen MR) is 64.1 cm³/mol. The minimum Gasteiger partial charge on any atom is -0.361 e. The van der Waals surface area contributed by atoms with E-state index in [4.69, 9.17) is 0 Å². The van der Waals surface area contributed by atoms with Crippen LogP contribution in [0.3, 0.4) is 0 Å². The average molecular weight is 202 g/mol. The van der Waals surface area contributed by atoms with Crippen LogP contribution >= 0.6 is 0 Å². The molecule has 1 aromatic rings. The first kappa shape index (κ1) is 10.2. The molecule has 0 aliphatic carbocycles. The van der Waals surface area contributed by atoms with Crippen LogP contribution in [0.2, 0.25) is 0 Å². The van der Waals surface area contributed by atoms with E-state index in [1.165, 1.54) is 24.4 Å². The second kappa shape index (κ2) is 4.96. The maximum Gasteiger partial charge on any atom is 0.0993 e. The van der Waals surface area contributed by atoms with Gasteiger partial charge in [0.15, 0.2) is 0 Å². The Balaban J connectivity index is 1.99. The summed E-state index contributed by atoms with van der Waals surface area (Å²) < 4.78 is 0. The summed E-state index contributed by atoms with van der Waals surface area (Å²) in [4.78, 5) is 7.07. The molecule has 80 valence electrons. The quantitative estimate of drug-likeness (QED) is 0.735. The molecule has 0 bridgehead atoms. The summed E-state index contributed by atoms with van der Waals surface area (Å²) in [7, 11) is 0. The van der Waals surface area contributed by atoms with E-state index in [1.807, 2.05) is 6.07 Å². The molecule has 15 heavy (non-hydrogen) atoms. The molecule has 1 aliphatic rings. The van der Waals surface area contributed by atoms with Gasteiger partial charge in [-0.2, -0.15) is 0 Å². The van der Waals surface area contributed by atoms with Gasteiger partial charge >= 0.3 is 0 Å². The number of nitrogens with zero attached hydrogens (tertiary/aromatic N) is 2. The number of hydrogen-bond donors (Lipinski definition) is 0. The van der Waals surface area contributed by atoms with E-state index in [9.17, 15) is 0 Å². The van der Waals surface area contributed by atoms with E-state index in [-0.39, 0.29) is 0 Å². The van der Waals surface area contributed by atoms with Crippen molar-refractivity contribution in [1.82, 2.24) is 4.90 Å². The Kier molecular flexibility index (Phi) is 3.38. The van der Waals surface area contributed by atoms with E-state index in [1.54, 1.807) is 0 Å². The lowest BCUT2D eigenvalue weighted by atomic mass is 10.2. The van der Waals surface area contributed by atoms with Crippen LogP contribution in [-0.4, -0.2) is 23.8 Å². The molecule has 0 spiro atoms. The van der Waals surface area contributed by atoms with Gasteiger partial charge in [0, 0.05) is 19.5 Å². The third-order valence-electron chi connectivity index (χ3n) is 2.86. The first-order chi connectivity index (χ1) is 7.40. The van der Waals surface area contributed by atoms with Crippen molar-refractivity contribution in [3.05, 3.63) is 35.9 Å². The number of benzene rings is 1. The van der Waals surface area contributed by atoms with Crippen LogP contribution in [0.1, 0.15) is 25.3 Å². The molecular weight excluding hydrogens is 184 g/mol. The molecule has 1 fully saturated rings. The summed E-state index contributed by atoms with van der Waals surface area (Å²) in [5, 5.41) is 0. The fraction of sp³-hybridized carbons (Fsp3) is 0.462. The lowest BCUT2D eigenvalue weighted by molar-refractivity contribution is 0.477. The molecule has 1 aliphatic heterocycles. The molecule has 1 heterocycles. The fourth-order valence-electron chi connectivity index (χ4n) is 2.00. The molecule has 1 saturated heterocycles. The van der Waals surface area contributed by atoms with Gasteiger partial charge in [-0.05, 0) is 18.9 Å². The van der Waals surface area contributed by atoms with Crippen LogP contribution in [0, 0.1) is 0 Å². The van der Waals surface area contributed by atoms with Crippen molar-refractivity contribution < 1.29 is 0 Å². The lowest BCUT2D eigenvalue weighted by Crippen LogP contribution is -2.24. The Labute approximate surface area is 91.6 Å².